The van der Waals surface area contributed by atoms with Gasteiger partial charge in [-0.25, -0.2) is 4.98 Å². The van der Waals surface area contributed by atoms with Crippen LogP contribution in [-0.2, 0) is 9.59 Å². The molecule has 0 aliphatic rings. The van der Waals surface area contributed by atoms with Crippen molar-refractivity contribution in [2.75, 3.05) is 10.6 Å². The van der Waals surface area contributed by atoms with Crippen molar-refractivity contribution < 1.29 is 9.59 Å². The molecule has 144 valence electrons. The number of aromatic nitrogens is 3. The average molecular weight is 460 g/mol. The number of amides is 2. The van der Waals surface area contributed by atoms with E-state index in [2.05, 4.69) is 41.7 Å². The molecule has 28 heavy (non-hydrogen) atoms. The lowest BCUT2D eigenvalue weighted by atomic mass is 10.2. The minimum absolute atomic E-state index is 0.143. The lowest BCUT2D eigenvalue weighted by Crippen LogP contribution is -2.22. The van der Waals surface area contributed by atoms with Crippen molar-refractivity contribution in [3.05, 3.63) is 53.0 Å². The molecule has 2 amide bonds. The number of aromatic amines is 1. The maximum Gasteiger partial charge on any atom is 0.237 e. The van der Waals surface area contributed by atoms with Crippen molar-refractivity contribution in [1.82, 2.24) is 15.2 Å². The molecule has 0 bridgehead atoms. The Balaban J connectivity index is 1.58. The van der Waals surface area contributed by atoms with Gasteiger partial charge in [-0.2, -0.15) is 0 Å². The van der Waals surface area contributed by atoms with Crippen molar-refractivity contribution >= 4 is 50.9 Å². The van der Waals surface area contributed by atoms with E-state index in [1.807, 2.05) is 24.3 Å². The Bertz CT molecular complexity index is 973. The molecule has 3 aromatic rings. The third-order valence-electron chi connectivity index (χ3n) is 3.71. The Morgan fingerprint density at radius 2 is 1.64 bits per heavy atom. The van der Waals surface area contributed by atoms with E-state index < -0.39 is 0 Å². The Labute approximate surface area is 174 Å². The molecule has 0 saturated heterocycles. The first-order chi connectivity index (χ1) is 13.4. The van der Waals surface area contributed by atoms with Gasteiger partial charge in [0, 0.05) is 28.3 Å². The highest BCUT2D eigenvalue weighted by atomic mass is 79.9. The molecule has 2 aromatic carbocycles. The molecule has 3 rings (SSSR count). The van der Waals surface area contributed by atoms with Crippen molar-refractivity contribution in [3.8, 4) is 11.4 Å². The quantitative estimate of drug-likeness (QED) is 0.476. The van der Waals surface area contributed by atoms with E-state index in [4.69, 9.17) is 0 Å². The highest BCUT2D eigenvalue weighted by molar-refractivity contribution is 9.10. The summed E-state index contributed by atoms with van der Waals surface area (Å²) in [6, 6.07) is 14.6. The van der Waals surface area contributed by atoms with E-state index >= 15 is 0 Å². The summed E-state index contributed by atoms with van der Waals surface area (Å²) < 4.78 is 0.987. The fourth-order valence-corrected chi connectivity index (χ4v) is 3.32. The molecule has 0 radical (unpaired) electrons. The van der Waals surface area contributed by atoms with Gasteiger partial charge < -0.3 is 10.6 Å². The van der Waals surface area contributed by atoms with Gasteiger partial charge >= 0.3 is 0 Å². The fraction of sp³-hybridized carbons (Fsp3) is 0.158. The molecule has 9 heteroatoms. The summed E-state index contributed by atoms with van der Waals surface area (Å²) in [5, 5.41) is 12.7. The van der Waals surface area contributed by atoms with Crippen LogP contribution in [0.5, 0.6) is 0 Å². The van der Waals surface area contributed by atoms with E-state index in [1.165, 1.54) is 18.7 Å². The van der Waals surface area contributed by atoms with Gasteiger partial charge in [-0.1, -0.05) is 39.8 Å². The van der Waals surface area contributed by atoms with E-state index in [-0.39, 0.29) is 17.1 Å². The molecule has 1 atom stereocenters. The minimum Gasteiger partial charge on any atom is -0.326 e. The number of H-pyrrole nitrogens is 1. The fourth-order valence-electron chi connectivity index (χ4n) is 2.33. The Kier molecular flexibility index (Phi) is 6.48. The number of hydrogen-bond acceptors (Lipinski definition) is 5. The van der Waals surface area contributed by atoms with Crippen molar-refractivity contribution in [3.63, 3.8) is 0 Å². The van der Waals surface area contributed by atoms with Gasteiger partial charge in [-0.3, -0.25) is 14.7 Å². The number of nitrogens with one attached hydrogen (secondary N) is 3. The zero-order chi connectivity index (χ0) is 20.1. The van der Waals surface area contributed by atoms with Crippen LogP contribution in [0.25, 0.3) is 11.4 Å². The van der Waals surface area contributed by atoms with Crippen molar-refractivity contribution in [2.24, 2.45) is 0 Å². The first-order valence-corrected chi connectivity index (χ1v) is 10.1. The molecular formula is C19H18BrN5O2S. The second-order valence-electron chi connectivity index (χ2n) is 5.98. The van der Waals surface area contributed by atoms with Gasteiger partial charge in [0.2, 0.25) is 17.0 Å². The van der Waals surface area contributed by atoms with Crippen LogP contribution in [0.15, 0.2) is 58.2 Å². The predicted octanol–water partition coefficient (Wildman–Crippen LogP) is 4.31. The highest BCUT2D eigenvalue weighted by Gasteiger charge is 2.17. The smallest absolute Gasteiger partial charge is 0.237 e. The second-order valence-corrected chi connectivity index (χ2v) is 8.20. The van der Waals surface area contributed by atoms with Crippen LogP contribution in [0, 0.1) is 0 Å². The molecular weight excluding hydrogens is 442 g/mol. The SMILES string of the molecule is CC(=O)Nc1ccc(NC(=O)C(C)Sc2n[nH]c(-c3ccc(Br)cc3)n2)cc1. The third-order valence-corrected chi connectivity index (χ3v) is 5.20. The van der Waals surface area contributed by atoms with Gasteiger partial charge in [-0.15, -0.1) is 5.10 Å². The van der Waals surface area contributed by atoms with Crippen molar-refractivity contribution in [1.29, 1.82) is 0 Å². The molecule has 0 fully saturated rings. The molecule has 7 nitrogen and oxygen atoms in total. The lowest BCUT2D eigenvalue weighted by Gasteiger charge is -2.10. The molecule has 1 aromatic heterocycles. The van der Waals surface area contributed by atoms with Crippen LogP contribution < -0.4 is 10.6 Å². The molecule has 0 aliphatic heterocycles. The minimum atomic E-state index is -0.386. The standard InChI is InChI=1S/C19H18BrN5O2S/c1-11(18(27)22-16-9-7-15(8-10-16)21-12(2)26)28-19-23-17(24-25-19)13-3-5-14(20)6-4-13/h3-11H,1-2H3,(H,21,26)(H,22,27)(H,23,24,25). The number of carbonyl (C=O) groups is 2. The van der Waals surface area contributed by atoms with E-state index in [9.17, 15) is 9.59 Å². The summed E-state index contributed by atoms with van der Waals surface area (Å²) in [6.07, 6.45) is 0. The van der Waals surface area contributed by atoms with E-state index in [0.717, 1.165) is 10.0 Å². The number of thioether (sulfide) groups is 1. The average Bonchev–Trinajstić information content (AvgIpc) is 3.12. The van der Waals surface area contributed by atoms with Crippen LogP contribution in [0.4, 0.5) is 11.4 Å². The summed E-state index contributed by atoms with van der Waals surface area (Å²) in [6.45, 7) is 3.24. The number of benzene rings is 2. The second kappa shape index (κ2) is 9.03. The first kappa shape index (κ1) is 20.1. The topological polar surface area (TPSA) is 99.8 Å². The molecule has 0 aliphatic carbocycles. The van der Waals surface area contributed by atoms with Crippen LogP contribution in [0.3, 0.4) is 0 Å². The molecule has 0 saturated carbocycles. The van der Waals surface area contributed by atoms with E-state index in [1.54, 1.807) is 31.2 Å². The number of nitrogens with zero attached hydrogens (tertiary/aromatic N) is 2. The van der Waals surface area contributed by atoms with Gasteiger partial charge in [-0.05, 0) is 43.3 Å². The van der Waals surface area contributed by atoms with Crippen LogP contribution in [0.1, 0.15) is 13.8 Å². The number of halogens is 1. The van der Waals surface area contributed by atoms with Crippen LogP contribution in [-0.4, -0.2) is 32.2 Å². The Morgan fingerprint density at radius 3 is 2.25 bits per heavy atom. The monoisotopic (exact) mass is 459 g/mol. The largest absolute Gasteiger partial charge is 0.326 e. The van der Waals surface area contributed by atoms with Crippen LogP contribution >= 0.6 is 27.7 Å². The van der Waals surface area contributed by atoms with E-state index in [0.29, 0.717) is 22.4 Å². The van der Waals surface area contributed by atoms with Gasteiger partial charge in [0.05, 0.1) is 5.25 Å². The summed E-state index contributed by atoms with van der Waals surface area (Å²) in [5.41, 5.74) is 2.24. The number of rotatable bonds is 6. The summed E-state index contributed by atoms with van der Waals surface area (Å²) >= 11 is 4.67. The third kappa shape index (κ3) is 5.43. The lowest BCUT2D eigenvalue weighted by molar-refractivity contribution is -0.115. The predicted molar refractivity (Wildman–Crippen MR) is 114 cm³/mol. The maximum atomic E-state index is 12.4. The molecule has 1 heterocycles. The molecule has 0 spiro atoms. The van der Waals surface area contributed by atoms with Gasteiger partial charge in [0.25, 0.3) is 0 Å². The summed E-state index contributed by atoms with van der Waals surface area (Å²) in [4.78, 5) is 27.9. The van der Waals surface area contributed by atoms with Crippen LogP contribution in [0.2, 0.25) is 0 Å². The molecule has 1 unspecified atom stereocenters. The Morgan fingerprint density at radius 1 is 1.04 bits per heavy atom. The number of hydrogen-bond donors (Lipinski definition) is 3. The summed E-state index contributed by atoms with van der Waals surface area (Å²) in [7, 11) is 0. The molecule has 3 N–H and O–H groups in total. The zero-order valence-electron chi connectivity index (χ0n) is 15.2. The first-order valence-electron chi connectivity index (χ1n) is 8.44. The zero-order valence-corrected chi connectivity index (χ0v) is 17.6. The maximum absolute atomic E-state index is 12.4. The number of anilines is 2. The Hall–Kier alpha value is -2.65. The van der Waals surface area contributed by atoms with Gasteiger partial charge in [0.1, 0.15) is 0 Å². The highest BCUT2D eigenvalue weighted by Crippen LogP contribution is 2.24. The summed E-state index contributed by atoms with van der Waals surface area (Å²) in [5.74, 6) is 0.347. The number of carbonyl (C=O) groups excluding carboxylic acids is 2. The van der Waals surface area contributed by atoms with Crippen molar-refractivity contribution in [2.45, 2.75) is 24.3 Å². The normalized spacial score (nSPS) is 11.7. The van der Waals surface area contributed by atoms with Gasteiger partial charge in [0.15, 0.2) is 5.82 Å².